The van der Waals surface area contributed by atoms with Crippen molar-refractivity contribution in [1.82, 2.24) is 0 Å². The highest BCUT2D eigenvalue weighted by atomic mass is 16.6. The summed E-state index contributed by atoms with van der Waals surface area (Å²) in [6.07, 6.45) is -0.334. The highest BCUT2D eigenvalue weighted by Crippen LogP contribution is 2.33. The van der Waals surface area contributed by atoms with E-state index >= 15 is 0 Å². The van der Waals surface area contributed by atoms with Crippen molar-refractivity contribution in [3.05, 3.63) is 54.1 Å². The van der Waals surface area contributed by atoms with E-state index in [2.05, 4.69) is 0 Å². The number of benzene rings is 2. The minimum Gasteiger partial charge on any atom is -0.493 e. The van der Waals surface area contributed by atoms with Crippen molar-refractivity contribution in [3.8, 4) is 11.5 Å². The van der Waals surface area contributed by atoms with Crippen molar-refractivity contribution < 1.29 is 19.0 Å². The van der Waals surface area contributed by atoms with Crippen LogP contribution in [0.1, 0.15) is 5.56 Å². The SMILES string of the molecule is COc1ccc(N2CCOC2=O)cc1OCc1ccccc1. The van der Waals surface area contributed by atoms with Gasteiger partial charge in [0.2, 0.25) is 0 Å². The molecule has 0 spiro atoms. The Balaban J connectivity index is 1.80. The van der Waals surface area contributed by atoms with Crippen molar-refractivity contribution >= 4 is 11.8 Å². The lowest BCUT2D eigenvalue weighted by Crippen LogP contribution is -2.23. The normalized spacial score (nSPS) is 13.9. The van der Waals surface area contributed by atoms with Gasteiger partial charge >= 0.3 is 6.09 Å². The zero-order valence-electron chi connectivity index (χ0n) is 12.3. The molecule has 1 saturated heterocycles. The molecule has 0 saturated carbocycles. The first-order valence-corrected chi connectivity index (χ1v) is 7.07. The third-order valence-corrected chi connectivity index (χ3v) is 3.46. The first-order valence-electron chi connectivity index (χ1n) is 7.07. The third-order valence-electron chi connectivity index (χ3n) is 3.46. The Morgan fingerprint density at radius 2 is 1.95 bits per heavy atom. The predicted molar refractivity (Wildman–Crippen MR) is 82.5 cm³/mol. The average Bonchev–Trinajstić information content (AvgIpc) is 2.99. The summed E-state index contributed by atoms with van der Waals surface area (Å²) in [5, 5.41) is 0. The van der Waals surface area contributed by atoms with Gasteiger partial charge in [-0.25, -0.2) is 4.79 Å². The molecule has 22 heavy (non-hydrogen) atoms. The van der Waals surface area contributed by atoms with Gasteiger partial charge < -0.3 is 14.2 Å². The molecule has 5 heteroatoms. The number of rotatable bonds is 5. The van der Waals surface area contributed by atoms with Crippen molar-refractivity contribution in [2.75, 3.05) is 25.2 Å². The van der Waals surface area contributed by atoms with Gasteiger partial charge in [-0.15, -0.1) is 0 Å². The van der Waals surface area contributed by atoms with Gasteiger partial charge in [0.05, 0.1) is 19.3 Å². The standard InChI is InChI=1S/C17H17NO4/c1-20-15-8-7-14(18-9-10-21-17(18)19)11-16(15)22-12-13-5-3-2-4-6-13/h2-8,11H,9-10,12H2,1H3. The van der Waals surface area contributed by atoms with Gasteiger partial charge in [0.1, 0.15) is 13.2 Å². The molecule has 0 bridgehead atoms. The summed E-state index contributed by atoms with van der Waals surface area (Å²) < 4.78 is 16.1. The molecular formula is C17H17NO4. The molecular weight excluding hydrogens is 282 g/mol. The molecule has 2 aromatic carbocycles. The number of methoxy groups -OCH3 is 1. The average molecular weight is 299 g/mol. The van der Waals surface area contributed by atoms with E-state index in [9.17, 15) is 4.79 Å². The van der Waals surface area contributed by atoms with Crippen molar-refractivity contribution in [1.29, 1.82) is 0 Å². The van der Waals surface area contributed by atoms with Crippen LogP contribution in [0.3, 0.4) is 0 Å². The minimum atomic E-state index is -0.334. The van der Waals surface area contributed by atoms with Crippen LogP contribution in [-0.2, 0) is 11.3 Å². The third kappa shape index (κ3) is 2.98. The van der Waals surface area contributed by atoms with Crippen LogP contribution in [-0.4, -0.2) is 26.4 Å². The van der Waals surface area contributed by atoms with E-state index in [0.717, 1.165) is 11.3 Å². The van der Waals surface area contributed by atoms with E-state index in [4.69, 9.17) is 14.2 Å². The van der Waals surface area contributed by atoms with Gasteiger partial charge in [0.25, 0.3) is 0 Å². The molecule has 3 rings (SSSR count). The van der Waals surface area contributed by atoms with Gasteiger partial charge in [0.15, 0.2) is 11.5 Å². The number of hydrogen-bond acceptors (Lipinski definition) is 4. The number of ether oxygens (including phenoxy) is 3. The van der Waals surface area contributed by atoms with Gasteiger partial charge in [-0.1, -0.05) is 30.3 Å². The summed E-state index contributed by atoms with van der Waals surface area (Å²) in [5.74, 6) is 1.23. The second kappa shape index (κ2) is 6.39. The van der Waals surface area contributed by atoms with E-state index in [1.54, 1.807) is 24.1 Å². The largest absolute Gasteiger partial charge is 0.493 e. The molecule has 0 aromatic heterocycles. The number of cyclic esters (lactones) is 1. The fourth-order valence-electron chi connectivity index (χ4n) is 2.31. The Labute approximate surface area is 129 Å². The second-order valence-corrected chi connectivity index (χ2v) is 4.88. The van der Waals surface area contributed by atoms with Crippen LogP contribution in [0.5, 0.6) is 11.5 Å². The van der Waals surface area contributed by atoms with Crippen LogP contribution in [0, 0.1) is 0 Å². The fraction of sp³-hybridized carbons (Fsp3) is 0.235. The van der Waals surface area contributed by atoms with Crippen LogP contribution in [0.15, 0.2) is 48.5 Å². The molecule has 1 heterocycles. The van der Waals surface area contributed by atoms with Crippen LogP contribution in [0.2, 0.25) is 0 Å². The summed E-state index contributed by atoms with van der Waals surface area (Å²) in [4.78, 5) is 13.2. The van der Waals surface area contributed by atoms with Crippen molar-refractivity contribution in [2.24, 2.45) is 0 Å². The molecule has 5 nitrogen and oxygen atoms in total. The maximum atomic E-state index is 11.7. The quantitative estimate of drug-likeness (QED) is 0.850. The van der Waals surface area contributed by atoms with E-state index in [1.165, 1.54) is 0 Å². The molecule has 2 aromatic rings. The maximum absolute atomic E-state index is 11.7. The summed E-state index contributed by atoms with van der Waals surface area (Å²) in [5.41, 5.74) is 1.81. The highest BCUT2D eigenvalue weighted by Gasteiger charge is 2.24. The monoisotopic (exact) mass is 299 g/mol. The lowest BCUT2D eigenvalue weighted by Gasteiger charge is -2.16. The van der Waals surface area contributed by atoms with E-state index in [-0.39, 0.29) is 6.09 Å². The van der Waals surface area contributed by atoms with Crippen LogP contribution in [0.25, 0.3) is 0 Å². The maximum Gasteiger partial charge on any atom is 0.414 e. The highest BCUT2D eigenvalue weighted by molar-refractivity contribution is 5.89. The Morgan fingerprint density at radius 3 is 2.64 bits per heavy atom. The van der Waals surface area contributed by atoms with Gasteiger partial charge in [-0.2, -0.15) is 0 Å². The fourth-order valence-corrected chi connectivity index (χ4v) is 2.31. The zero-order valence-corrected chi connectivity index (χ0v) is 12.3. The molecule has 114 valence electrons. The number of carbonyl (C=O) groups is 1. The molecule has 0 radical (unpaired) electrons. The molecule has 0 atom stereocenters. The molecule has 0 N–H and O–H groups in total. The molecule has 1 aliphatic rings. The van der Waals surface area contributed by atoms with Crippen LogP contribution >= 0.6 is 0 Å². The first-order chi connectivity index (χ1) is 10.8. The Bertz CT molecular complexity index is 657. The van der Waals surface area contributed by atoms with Crippen LogP contribution in [0.4, 0.5) is 10.5 Å². The number of anilines is 1. The molecule has 1 aliphatic heterocycles. The number of nitrogens with zero attached hydrogens (tertiary/aromatic N) is 1. The number of carbonyl (C=O) groups excluding carboxylic acids is 1. The van der Waals surface area contributed by atoms with Crippen LogP contribution < -0.4 is 14.4 Å². The topological polar surface area (TPSA) is 48.0 Å². The summed E-state index contributed by atoms with van der Waals surface area (Å²) in [6.45, 7) is 1.39. The Hall–Kier alpha value is -2.69. The molecule has 1 fully saturated rings. The minimum absolute atomic E-state index is 0.334. The molecule has 0 unspecified atom stereocenters. The smallest absolute Gasteiger partial charge is 0.414 e. The van der Waals surface area contributed by atoms with Crippen molar-refractivity contribution in [2.45, 2.75) is 6.61 Å². The number of hydrogen-bond donors (Lipinski definition) is 0. The molecule has 1 amide bonds. The van der Waals surface area contributed by atoms with Crippen molar-refractivity contribution in [3.63, 3.8) is 0 Å². The van der Waals surface area contributed by atoms with E-state index < -0.39 is 0 Å². The lowest BCUT2D eigenvalue weighted by atomic mass is 10.2. The van der Waals surface area contributed by atoms with Gasteiger partial charge in [-0.3, -0.25) is 4.90 Å². The van der Waals surface area contributed by atoms with Gasteiger partial charge in [0, 0.05) is 6.07 Å². The Kier molecular flexibility index (Phi) is 4.14. The predicted octanol–water partition coefficient (Wildman–Crippen LogP) is 3.23. The first kappa shape index (κ1) is 14.3. The Morgan fingerprint density at radius 1 is 1.14 bits per heavy atom. The number of amides is 1. The lowest BCUT2D eigenvalue weighted by molar-refractivity contribution is 0.181. The second-order valence-electron chi connectivity index (χ2n) is 4.88. The van der Waals surface area contributed by atoms with E-state index in [0.29, 0.717) is 31.3 Å². The summed E-state index contributed by atoms with van der Waals surface area (Å²) in [7, 11) is 1.59. The van der Waals surface area contributed by atoms with E-state index in [1.807, 2.05) is 36.4 Å². The summed E-state index contributed by atoms with van der Waals surface area (Å²) in [6, 6.07) is 15.3. The zero-order chi connectivity index (χ0) is 15.4. The molecule has 0 aliphatic carbocycles. The van der Waals surface area contributed by atoms with Gasteiger partial charge in [-0.05, 0) is 17.7 Å². The summed E-state index contributed by atoms with van der Waals surface area (Å²) >= 11 is 0.